The molecule has 0 aromatic heterocycles. The van der Waals surface area contributed by atoms with Crippen LogP contribution in [0.4, 0.5) is 0 Å². The molecule has 2 unspecified atom stereocenters. The number of likely N-dealkylation sites (N-methyl/N-ethyl adjacent to an activating group) is 1. The molecule has 19 heavy (non-hydrogen) atoms. The highest BCUT2D eigenvalue weighted by Gasteiger charge is 2.22. The maximum atomic E-state index is 5.97. The molecule has 0 heterocycles. The van der Waals surface area contributed by atoms with Gasteiger partial charge < -0.3 is 10.5 Å². The predicted octanol–water partition coefficient (Wildman–Crippen LogP) is 2.81. The minimum absolute atomic E-state index is 0.272. The van der Waals surface area contributed by atoms with Crippen molar-refractivity contribution in [3.63, 3.8) is 0 Å². The standard InChI is InChI=1S/C16H28N2O/c1-12(2)13(3)18(4)16(10-17)15-8-6-14(7-9-15)11-19-5/h6-9,12-13,16H,10-11,17H2,1-5H3. The highest BCUT2D eigenvalue weighted by atomic mass is 16.5. The van der Waals surface area contributed by atoms with Crippen molar-refractivity contribution in [2.75, 3.05) is 20.7 Å². The third-order valence-electron chi connectivity index (χ3n) is 4.00. The van der Waals surface area contributed by atoms with Crippen LogP contribution < -0.4 is 5.73 Å². The quantitative estimate of drug-likeness (QED) is 0.823. The van der Waals surface area contributed by atoms with E-state index in [1.54, 1.807) is 7.11 Å². The molecule has 0 fully saturated rings. The normalized spacial score (nSPS) is 14.9. The number of methoxy groups -OCH3 is 1. The Hall–Kier alpha value is -0.900. The van der Waals surface area contributed by atoms with Gasteiger partial charge >= 0.3 is 0 Å². The van der Waals surface area contributed by atoms with E-state index in [0.717, 1.165) is 0 Å². The van der Waals surface area contributed by atoms with E-state index in [4.69, 9.17) is 10.5 Å². The Morgan fingerprint density at radius 1 is 1.16 bits per heavy atom. The van der Waals surface area contributed by atoms with Gasteiger partial charge in [0.05, 0.1) is 6.61 Å². The van der Waals surface area contributed by atoms with Crippen LogP contribution in [-0.2, 0) is 11.3 Å². The van der Waals surface area contributed by atoms with E-state index in [1.165, 1.54) is 11.1 Å². The van der Waals surface area contributed by atoms with Crippen LogP contribution >= 0.6 is 0 Å². The van der Waals surface area contributed by atoms with Gasteiger partial charge in [-0.05, 0) is 31.0 Å². The van der Waals surface area contributed by atoms with Gasteiger partial charge in [-0.3, -0.25) is 4.90 Å². The first-order chi connectivity index (χ1) is 9.01. The molecule has 0 amide bonds. The lowest BCUT2D eigenvalue weighted by atomic mass is 9.98. The molecule has 1 rings (SSSR count). The van der Waals surface area contributed by atoms with E-state index in [-0.39, 0.29) is 6.04 Å². The number of benzene rings is 1. The van der Waals surface area contributed by atoms with Crippen molar-refractivity contribution in [1.82, 2.24) is 4.90 Å². The monoisotopic (exact) mass is 264 g/mol. The fourth-order valence-electron chi connectivity index (χ4n) is 2.29. The first-order valence-electron chi connectivity index (χ1n) is 7.01. The molecule has 1 aromatic rings. The van der Waals surface area contributed by atoms with Crippen molar-refractivity contribution in [1.29, 1.82) is 0 Å². The molecule has 0 saturated heterocycles. The summed E-state index contributed by atoms with van der Waals surface area (Å²) in [6.07, 6.45) is 0. The third-order valence-corrected chi connectivity index (χ3v) is 4.00. The van der Waals surface area contributed by atoms with Crippen LogP contribution in [0.15, 0.2) is 24.3 Å². The van der Waals surface area contributed by atoms with Crippen LogP contribution in [-0.4, -0.2) is 31.6 Å². The summed E-state index contributed by atoms with van der Waals surface area (Å²) in [5.41, 5.74) is 8.45. The fourth-order valence-corrected chi connectivity index (χ4v) is 2.29. The molecule has 0 spiro atoms. The van der Waals surface area contributed by atoms with Crippen LogP contribution in [0, 0.1) is 5.92 Å². The Labute approximate surface area is 117 Å². The second-order valence-electron chi connectivity index (χ2n) is 5.58. The Kier molecular flexibility index (Phi) is 6.49. The maximum Gasteiger partial charge on any atom is 0.0713 e. The fraction of sp³-hybridized carbons (Fsp3) is 0.625. The van der Waals surface area contributed by atoms with E-state index < -0.39 is 0 Å². The van der Waals surface area contributed by atoms with Gasteiger partial charge in [-0.2, -0.15) is 0 Å². The van der Waals surface area contributed by atoms with Crippen molar-refractivity contribution >= 4 is 0 Å². The number of hydrogen-bond donors (Lipinski definition) is 1. The van der Waals surface area contributed by atoms with Gasteiger partial charge in [0.25, 0.3) is 0 Å². The van der Waals surface area contributed by atoms with Gasteiger partial charge in [0.2, 0.25) is 0 Å². The van der Waals surface area contributed by atoms with Gasteiger partial charge in [-0.15, -0.1) is 0 Å². The molecule has 108 valence electrons. The second-order valence-corrected chi connectivity index (χ2v) is 5.58. The Morgan fingerprint density at radius 2 is 1.74 bits per heavy atom. The van der Waals surface area contributed by atoms with Gasteiger partial charge in [-0.25, -0.2) is 0 Å². The summed E-state index contributed by atoms with van der Waals surface area (Å²) in [7, 11) is 3.87. The third kappa shape index (κ3) is 4.30. The molecule has 0 aliphatic heterocycles. The van der Waals surface area contributed by atoms with Crippen LogP contribution in [0.2, 0.25) is 0 Å². The van der Waals surface area contributed by atoms with Crippen molar-refractivity contribution in [2.45, 2.75) is 39.5 Å². The highest BCUT2D eigenvalue weighted by Crippen LogP contribution is 2.23. The lowest BCUT2D eigenvalue weighted by Gasteiger charge is -2.35. The molecular weight excluding hydrogens is 236 g/mol. The number of ether oxygens (including phenoxy) is 1. The van der Waals surface area contributed by atoms with Crippen LogP contribution in [0.5, 0.6) is 0 Å². The largest absolute Gasteiger partial charge is 0.380 e. The summed E-state index contributed by atoms with van der Waals surface area (Å²) in [6, 6.07) is 9.34. The van der Waals surface area contributed by atoms with E-state index in [9.17, 15) is 0 Å². The van der Waals surface area contributed by atoms with Crippen molar-refractivity contribution < 1.29 is 4.74 Å². The van der Waals surface area contributed by atoms with Crippen molar-refractivity contribution in [2.24, 2.45) is 11.7 Å². The summed E-state index contributed by atoms with van der Waals surface area (Å²) < 4.78 is 5.14. The molecule has 0 radical (unpaired) electrons. The van der Waals surface area contributed by atoms with Gasteiger partial charge in [-0.1, -0.05) is 38.1 Å². The SMILES string of the molecule is COCc1ccc(C(CN)N(C)C(C)C(C)C)cc1. The lowest BCUT2D eigenvalue weighted by molar-refractivity contribution is 0.152. The molecule has 0 aliphatic carbocycles. The zero-order valence-corrected chi connectivity index (χ0v) is 12.9. The predicted molar refractivity (Wildman–Crippen MR) is 81.0 cm³/mol. The van der Waals surface area contributed by atoms with E-state index in [1.807, 2.05) is 0 Å². The van der Waals surface area contributed by atoms with Crippen LogP contribution in [0.25, 0.3) is 0 Å². The summed E-state index contributed by atoms with van der Waals surface area (Å²) in [5, 5.41) is 0. The average Bonchev–Trinajstić information content (AvgIpc) is 2.40. The van der Waals surface area contributed by atoms with Gasteiger partial charge in [0.15, 0.2) is 0 Å². The van der Waals surface area contributed by atoms with E-state index in [0.29, 0.717) is 25.1 Å². The number of nitrogens with two attached hydrogens (primary N) is 1. The first kappa shape index (κ1) is 16.2. The topological polar surface area (TPSA) is 38.5 Å². The molecule has 0 bridgehead atoms. The average molecular weight is 264 g/mol. The number of hydrogen-bond acceptors (Lipinski definition) is 3. The lowest BCUT2D eigenvalue weighted by Crippen LogP contribution is -2.39. The molecule has 0 saturated carbocycles. The highest BCUT2D eigenvalue weighted by molar-refractivity contribution is 5.25. The van der Waals surface area contributed by atoms with Crippen molar-refractivity contribution in [3.8, 4) is 0 Å². The smallest absolute Gasteiger partial charge is 0.0713 e. The molecule has 3 nitrogen and oxygen atoms in total. The zero-order chi connectivity index (χ0) is 14.4. The summed E-state index contributed by atoms with van der Waals surface area (Å²) >= 11 is 0. The second kappa shape index (κ2) is 7.63. The minimum Gasteiger partial charge on any atom is -0.380 e. The van der Waals surface area contributed by atoms with E-state index in [2.05, 4.69) is 57.0 Å². The summed E-state index contributed by atoms with van der Waals surface area (Å²) in [4.78, 5) is 2.37. The molecule has 0 aliphatic rings. The maximum absolute atomic E-state index is 5.97. The number of rotatable bonds is 7. The molecule has 2 atom stereocenters. The molecule has 1 aromatic carbocycles. The Morgan fingerprint density at radius 3 is 2.16 bits per heavy atom. The molecule has 3 heteroatoms. The summed E-state index contributed by atoms with van der Waals surface area (Å²) in [5.74, 6) is 0.617. The minimum atomic E-state index is 0.272. The molecule has 2 N–H and O–H groups in total. The van der Waals surface area contributed by atoms with Gasteiger partial charge in [0, 0.05) is 25.7 Å². The first-order valence-corrected chi connectivity index (χ1v) is 7.01. The summed E-state index contributed by atoms with van der Waals surface area (Å²) in [6.45, 7) is 8.04. The van der Waals surface area contributed by atoms with E-state index >= 15 is 0 Å². The van der Waals surface area contributed by atoms with Crippen molar-refractivity contribution in [3.05, 3.63) is 35.4 Å². The van der Waals surface area contributed by atoms with Crippen LogP contribution in [0.1, 0.15) is 37.9 Å². The van der Waals surface area contributed by atoms with Crippen LogP contribution in [0.3, 0.4) is 0 Å². The Balaban J connectivity index is 2.84. The van der Waals surface area contributed by atoms with Gasteiger partial charge in [0.1, 0.15) is 0 Å². The Bertz CT molecular complexity index is 362. The molecular formula is C16H28N2O. The number of nitrogens with zero attached hydrogens (tertiary/aromatic N) is 1. The zero-order valence-electron chi connectivity index (χ0n) is 12.9.